The van der Waals surface area contributed by atoms with Crippen LogP contribution in [0, 0.1) is 12.8 Å². The number of carbonyl (C=O) groups is 1. The largest absolute Gasteiger partial charge is 0.491 e. The van der Waals surface area contributed by atoms with Gasteiger partial charge < -0.3 is 14.6 Å². The summed E-state index contributed by atoms with van der Waals surface area (Å²) >= 11 is 0. The molecular formula is C28H36N4O3. The van der Waals surface area contributed by atoms with Crippen LogP contribution in [0.5, 0.6) is 5.75 Å². The second-order valence-electron chi connectivity index (χ2n) is 9.66. The molecule has 0 radical (unpaired) electrons. The molecular weight excluding hydrogens is 440 g/mol. The second kappa shape index (κ2) is 12.0. The first-order valence-electron chi connectivity index (χ1n) is 12.6. The summed E-state index contributed by atoms with van der Waals surface area (Å²) in [6, 6.07) is 16.3. The van der Waals surface area contributed by atoms with Crippen LogP contribution in [0.2, 0.25) is 0 Å². The molecule has 2 aromatic carbocycles. The highest BCUT2D eigenvalue weighted by Gasteiger charge is 2.26. The average molecular weight is 477 g/mol. The maximum Gasteiger partial charge on any atom is 0.241 e. The van der Waals surface area contributed by atoms with Gasteiger partial charge in [-0.2, -0.15) is 4.98 Å². The van der Waals surface area contributed by atoms with E-state index in [1.165, 1.54) is 11.1 Å². The van der Waals surface area contributed by atoms with Crippen LogP contribution in [-0.2, 0) is 17.8 Å². The van der Waals surface area contributed by atoms with Crippen LogP contribution in [0.4, 0.5) is 0 Å². The topological polar surface area (TPSA) is 80.5 Å². The van der Waals surface area contributed by atoms with Gasteiger partial charge in [0.2, 0.25) is 17.6 Å². The Hall–Kier alpha value is -3.19. The molecule has 7 nitrogen and oxygen atoms in total. The summed E-state index contributed by atoms with van der Waals surface area (Å²) in [5.41, 5.74) is 3.37. The van der Waals surface area contributed by atoms with E-state index >= 15 is 0 Å². The third-order valence-electron chi connectivity index (χ3n) is 6.22. The number of benzene rings is 2. The van der Waals surface area contributed by atoms with Crippen LogP contribution >= 0.6 is 0 Å². The molecule has 2 heterocycles. The molecule has 0 spiro atoms. The van der Waals surface area contributed by atoms with Crippen molar-refractivity contribution < 1.29 is 14.1 Å². The van der Waals surface area contributed by atoms with Gasteiger partial charge in [-0.05, 0) is 70.7 Å². The second-order valence-corrected chi connectivity index (χ2v) is 9.66. The first kappa shape index (κ1) is 24.9. The minimum Gasteiger partial charge on any atom is -0.491 e. The first-order chi connectivity index (χ1) is 17.0. The smallest absolute Gasteiger partial charge is 0.241 e. The van der Waals surface area contributed by atoms with Crippen molar-refractivity contribution in [1.82, 2.24) is 20.4 Å². The van der Waals surface area contributed by atoms with Crippen molar-refractivity contribution >= 4 is 5.91 Å². The zero-order valence-electron chi connectivity index (χ0n) is 21.0. The van der Waals surface area contributed by atoms with Crippen LogP contribution in [0.15, 0.2) is 53.1 Å². The summed E-state index contributed by atoms with van der Waals surface area (Å²) in [6.45, 7) is 8.99. The highest BCUT2D eigenvalue weighted by atomic mass is 16.5. The predicted octanol–water partition coefficient (Wildman–Crippen LogP) is 4.79. The summed E-state index contributed by atoms with van der Waals surface area (Å²) in [6.07, 6.45) is 3.87. The van der Waals surface area contributed by atoms with Gasteiger partial charge >= 0.3 is 0 Å². The number of aryl methyl sites for hydroxylation is 2. The number of hydrogen-bond acceptors (Lipinski definition) is 6. The highest BCUT2D eigenvalue weighted by molar-refractivity contribution is 5.78. The Kier molecular flexibility index (Phi) is 8.53. The molecule has 3 aromatic rings. The molecule has 0 saturated carbocycles. The van der Waals surface area contributed by atoms with Crippen molar-refractivity contribution in [3.05, 3.63) is 65.5 Å². The summed E-state index contributed by atoms with van der Waals surface area (Å²) in [4.78, 5) is 19.6. The van der Waals surface area contributed by atoms with E-state index in [2.05, 4.69) is 39.4 Å². The third kappa shape index (κ3) is 7.39. The molecule has 1 N–H and O–H groups in total. The van der Waals surface area contributed by atoms with E-state index in [-0.39, 0.29) is 17.9 Å². The summed E-state index contributed by atoms with van der Waals surface area (Å²) < 4.78 is 11.3. The Morgan fingerprint density at radius 1 is 1.23 bits per heavy atom. The summed E-state index contributed by atoms with van der Waals surface area (Å²) in [5.74, 6) is 2.22. The van der Waals surface area contributed by atoms with Gasteiger partial charge in [0.05, 0.1) is 18.6 Å². The molecule has 1 aliphatic heterocycles. The molecule has 0 bridgehead atoms. The Morgan fingerprint density at radius 2 is 2.06 bits per heavy atom. The summed E-state index contributed by atoms with van der Waals surface area (Å²) in [7, 11) is 0. The predicted molar refractivity (Wildman–Crippen MR) is 136 cm³/mol. The van der Waals surface area contributed by atoms with E-state index in [1.807, 2.05) is 50.2 Å². The SMILES string of the molecule is Cc1ccc(-c2noc(CN3CCCC(C(=O)NCCCc4cccc(OC(C)C)c4)C3)n2)cc1. The zero-order valence-corrected chi connectivity index (χ0v) is 21.0. The number of aromatic nitrogens is 2. The van der Waals surface area contributed by atoms with Crippen molar-refractivity contribution in [1.29, 1.82) is 0 Å². The van der Waals surface area contributed by atoms with Gasteiger partial charge in [-0.1, -0.05) is 47.1 Å². The van der Waals surface area contributed by atoms with Gasteiger partial charge in [0.25, 0.3) is 0 Å². The number of hydrogen-bond donors (Lipinski definition) is 1. The maximum atomic E-state index is 12.8. The van der Waals surface area contributed by atoms with Crippen LogP contribution in [0.25, 0.3) is 11.4 Å². The number of ether oxygens (including phenoxy) is 1. The van der Waals surface area contributed by atoms with Crippen molar-refractivity contribution in [2.45, 2.75) is 59.1 Å². The minimum absolute atomic E-state index is 0.00832. The van der Waals surface area contributed by atoms with Crippen LogP contribution in [0.1, 0.15) is 50.1 Å². The molecule has 4 rings (SSSR count). The van der Waals surface area contributed by atoms with E-state index in [4.69, 9.17) is 9.26 Å². The Labute approximate surface area is 207 Å². The van der Waals surface area contributed by atoms with E-state index in [0.29, 0.717) is 31.3 Å². The van der Waals surface area contributed by atoms with Crippen molar-refractivity contribution in [2.24, 2.45) is 5.92 Å². The highest BCUT2D eigenvalue weighted by Crippen LogP contribution is 2.21. The molecule has 1 aliphatic rings. The number of rotatable bonds is 10. The number of nitrogens with zero attached hydrogens (tertiary/aromatic N) is 3. The molecule has 1 unspecified atom stereocenters. The van der Waals surface area contributed by atoms with Gasteiger partial charge in [-0.25, -0.2) is 0 Å². The molecule has 7 heteroatoms. The number of likely N-dealkylation sites (tertiary alicyclic amines) is 1. The molecule has 1 fully saturated rings. The van der Waals surface area contributed by atoms with E-state index in [0.717, 1.165) is 43.5 Å². The molecule has 35 heavy (non-hydrogen) atoms. The number of carbonyl (C=O) groups excluding carboxylic acids is 1. The van der Waals surface area contributed by atoms with Crippen molar-refractivity contribution in [3.63, 3.8) is 0 Å². The fraction of sp³-hybridized carbons (Fsp3) is 0.464. The molecule has 186 valence electrons. The lowest BCUT2D eigenvalue weighted by molar-refractivity contribution is -0.126. The quantitative estimate of drug-likeness (QED) is 0.424. The van der Waals surface area contributed by atoms with Gasteiger partial charge in [0, 0.05) is 18.7 Å². The Morgan fingerprint density at radius 3 is 2.86 bits per heavy atom. The van der Waals surface area contributed by atoms with E-state index in [9.17, 15) is 4.79 Å². The lowest BCUT2D eigenvalue weighted by atomic mass is 9.97. The number of nitrogens with one attached hydrogen (secondary N) is 1. The van der Waals surface area contributed by atoms with E-state index < -0.39 is 0 Å². The van der Waals surface area contributed by atoms with Gasteiger partial charge in [0.15, 0.2) is 0 Å². The van der Waals surface area contributed by atoms with Gasteiger partial charge in [0.1, 0.15) is 5.75 Å². The third-order valence-corrected chi connectivity index (χ3v) is 6.22. The van der Waals surface area contributed by atoms with Crippen LogP contribution in [-0.4, -0.2) is 46.7 Å². The number of piperidine rings is 1. The zero-order chi connectivity index (χ0) is 24.6. The normalized spacial score (nSPS) is 16.4. The van der Waals surface area contributed by atoms with Crippen LogP contribution < -0.4 is 10.1 Å². The summed E-state index contributed by atoms with van der Waals surface area (Å²) in [5, 5.41) is 7.27. The Bertz CT molecular complexity index is 1090. The number of amides is 1. The lowest BCUT2D eigenvalue weighted by Crippen LogP contribution is -2.43. The molecule has 1 atom stereocenters. The fourth-order valence-corrected chi connectivity index (χ4v) is 4.44. The average Bonchev–Trinajstić information content (AvgIpc) is 3.30. The van der Waals surface area contributed by atoms with Gasteiger partial charge in [-0.15, -0.1) is 0 Å². The molecule has 0 aliphatic carbocycles. The maximum absolute atomic E-state index is 12.8. The molecule has 1 saturated heterocycles. The van der Waals surface area contributed by atoms with Crippen LogP contribution in [0.3, 0.4) is 0 Å². The van der Waals surface area contributed by atoms with Gasteiger partial charge in [-0.3, -0.25) is 9.69 Å². The molecule has 1 aromatic heterocycles. The molecule has 1 amide bonds. The standard InChI is InChI=1S/C28H36N4O3/c1-20(2)34-25-10-4-7-22(17-25)8-5-15-29-28(33)24-9-6-16-32(18-24)19-26-30-27(31-35-26)23-13-11-21(3)12-14-23/h4,7,10-14,17,20,24H,5-6,8-9,15-16,18-19H2,1-3H3,(H,29,33). The monoisotopic (exact) mass is 476 g/mol. The minimum atomic E-state index is -0.00832. The first-order valence-corrected chi connectivity index (χ1v) is 12.6. The van der Waals surface area contributed by atoms with Crippen molar-refractivity contribution in [3.8, 4) is 17.1 Å². The Balaban J connectivity index is 1.21. The van der Waals surface area contributed by atoms with Crippen molar-refractivity contribution in [2.75, 3.05) is 19.6 Å². The fourth-order valence-electron chi connectivity index (χ4n) is 4.44. The van der Waals surface area contributed by atoms with E-state index in [1.54, 1.807) is 0 Å². The lowest BCUT2D eigenvalue weighted by Gasteiger charge is -2.30.